The van der Waals surface area contributed by atoms with E-state index in [0.29, 0.717) is 12.3 Å². The number of nitrogens with zero attached hydrogens (tertiary/aromatic N) is 1. The lowest BCUT2D eigenvalue weighted by atomic mass is 9.87. The quantitative estimate of drug-likeness (QED) is 0.749. The van der Waals surface area contributed by atoms with Gasteiger partial charge < -0.3 is 9.47 Å². The molecule has 0 spiro atoms. The second-order valence-electron chi connectivity index (χ2n) is 6.72. The van der Waals surface area contributed by atoms with Gasteiger partial charge in [0.05, 0.1) is 19.1 Å². The van der Waals surface area contributed by atoms with Crippen molar-refractivity contribution in [3.05, 3.63) is 11.1 Å². The first-order valence-corrected chi connectivity index (χ1v) is 8.01. The summed E-state index contributed by atoms with van der Waals surface area (Å²) >= 11 is 0. The molecule has 1 unspecified atom stereocenters. The second kappa shape index (κ2) is 6.63. The van der Waals surface area contributed by atoms with E-state index in [4.69, 9.17) is 9.47 Å². The van der Waals surface area contributed by atoms with Crippen molar-refractivity contribution in [2.24, 2.45) is 4.99 Å². The number of esters is 2. The van der Waals surface area contributed by atoms with Crippen LogP contribution < -0.4 is 0 Å². The largest absolute Gasteiger partial charge is 0.461 e. The lowest BCUT2D eigenvalue weighted by molar-refractivity contribution is -0.155. The lowest BCUT2D eigenvalue weighted by Crippen LogP contribution is -2.26. The van der Waals surface area contributed by atoms with Crippen molar-refractivity contribution >= 4 is 17.7 Å². The molecule has 1 aliphatic heterocycles. The molecule has 0 aromatic rings. The normalized spacial score (nSPS) is 21.3. The molecule has 2 aliphatic rings. The number of aliphatic imine (C=N–C) groups is 1. The van der Waals surface area contributed by atoms with Gasteiger partial charge in [0, 0.05) is 0 Å². The Labute approximate surface area is 131 Å². The lowest BCUT2D eigenvalue weighted by Gasteiger charge is -2.22. The smallest absolute Gasteiger partial charge is 0.356 e. The van der Waals surface area contributed by atoms with Crippen molar-refractivity contribution in [2.75, 3.05) is 6.61 Å². The number of hydrogen-bond acceptors (Lipinski definition) is 5. The molecule has 22 heavy (non-hydrogen) atoms. The van der Waals surface area contributed by atoms with Crippen LogP contribution in [0.3, 0.4) is 0 Å². The van der Waals surface area contributed by atoms with Crippen LogP contribution in [0.4, 0.5) is 0 Å². The molecule has 0 fully saturated rings. The Kier molecular flexibility index (Phi) is 5.04. The number of hydrogen-bond donors (Lipinski definition) is 0. The van der Waals surface area contributed by atoms with E-state index in [9.17, 15) is 9.59 Å². The summed E-state index contributed by atoms with van der Waals surface area (Å²) in [5.74, 6) is -0.646. The molecule has 2 rings (SSSR count). The molecule has 5 nitrogen and oxygen atoms in total. The summed E-state index contributed by atoms with van der Waals surface area (Å²) in [5, 5.41) is 0. The molecule has 5 heteroatoms. The van der Waals surface area contributed by atoms with Gasteiger partial charge in [-0.15, -0.1) is 0 Å². The average molecular weight is 307 g/mol. The highest BCUT2D eigenvalue weighted by molar-refractivity contribution is 6.44. The van der Waals surface area contributed by atoms with E-state index in [1.54, 1.807) is 6.92 Å². The van der Waals surface area contributed by atoms with Gasteiger partial charge in [-0.3, -0.25) is 9.79 Å². The second-order valence-corrected chi connectivity index (χ2v) is 6.72. The third-order valence-electron chi connectivity index (χ3n) is 3.73. The Bertz CT molecular complexity index is 525. The van der Waals surface area contributed by atoms with E-state index in [1.807, 2.05) is 20.8 Å². The zero-order valence-electron chi connectivity index (χ0n) is 13.9. The first kappa shape index (κ1) is 16.7. The summed E-state index contributed by atoms with van der Waals surface area (Å²) in [6.45, 7) is 7.65. The standard InChI is InChI=1S/C17H25NO4/c1-5-21-16(20)15-12-9-7-6-8-11(12)13(18-15)10-14(19)22-17(2,3)4/h13H,5-10H2,1-4H3. The Hall–Kier alpha value is -1.65. The molecule has 0 amide bonds. The van der Waals surface area contributed by atoms with E-state index in [1.165, 1.54) is 0 Å². The van der Waals surface area contributed by atoms with Crippen LogP contribution in [0.5, 0.6) is 0 Å². The summed E-state index contributed by atoms with van der Waals surface area (Å²) in [5.41, 5.74) is 2.04. The third-order valence-corrected chi connectivity index (χ3v) is 3.73. The Morgan fingerprint density at radius 1 is 1.23 bits per heavy atom. The van der Waals surface area contributed by atoms with Crippen LogP contribution in [0, 0.1) is 0 Å². The predicted octanol–water partition coefficient (Wildman–Crippen LogP) is 2.98. The molecule has 1 atom stereocenters. The van der Waals surface area contributed by atoms with Crippen LogP contribution in [0.15, 0.2) is 16.1 Å². The maximum atomic E-state index is 12.1. The van der Waals surface area contributed by atoms with Gasteiger partial charge >= 0.3 is 11.9 Å². The summed E-state index contributed by atoms with van der Waals surface area (Å²) in [7, 11) is 0. The van der Waals surface area contributed by atoms with Crippen LogP contribution in [0.25, 0.3) is 0 Å². The van der Waals surface area contributed by atoms with Gasteiger partial charge in [0.2, 0.25) is 0 Å². The van der Waals surface area contributed by atoms with Crippen molar-refractivity contribution in [1.82, 2.24) is 0 Å². The Morgan fingerprint density at radius 3 is 2.55 bits per heavy atom. The van der Waals surface area contributed by atoms with Crippen molar-refractivity contribution < 1.29 is 19.1 Å². The van der Waals surface area contributed by atoms with Crippen LogP contribution in [-0.2, 0) is 19.1 Å². The van der Waals surface area contributed by atoms with Crippen LogP contribution >= 0.6 is 0 Å². The molecular weight excluding hydrogens is 282 g/mol. The van der Waals surface area contributed by atoms with Gasteiger partial charge in [0.1, 0.15) is 11.3 Å². The van der Waals surface area contributed by atoms with Gasteiger partial charge in [0.25, 0.3) is 0 Å². The molecule has 1 aliphatic carbocycles. The molecule has 0 aromatic carbocycles. The van der Waals surface area contributed by atoms with Gasteiger partial charge in [-0.05, 0) is 64.5 Å². The fraction of sp³-hybridized carbons (Fsp3) is 0.706. The molecule has 0 N–H and O–H groups in total. The number of rotatable bonds is 4. The monoisotopic (exact) mass is 307 g/mol. The molecule has 0 aromatic heterocycles. The molecule has 1 heterocycles. The Balaban J connectivity index is 2.15. The van der Waals surface area contributed by atoms with Crippen LogP contribution in [-0.4, -0.2) is 35.9 Å². The van der Waals surface area contributed by atoms with E-state index in [0.717, 1.165) is 36.8 Å². The molecular formula is C17H25NO4. The highest BCUT2D eigenvalue weighted by Gasteiger charge is 2.35. The minimum Gasteiger partial charge on any atom is -0.461 e. The van der Waals surface area contributed by atoms with Gasteiger partial charge in [-0.2, -0.15) is 0 Å². The van der Waals surface area contributed by atoms with Crippen molar-refractivity contribution in [3.8, 4) is 0 Å². The highest BCUT2D eigenvalue weighted by atomic mass is 16.6. The minimum atomic E-state index is -0.507. The summed E-state index contributed by atoms with van der Waals surface area (Å²) in [6.07, 6.45) is 4.07. The van der Waals surface area contributed by atoms with Crippen LogP contribution in [0.1, 0.15) is 59.8 Å². The maximum absolute atomic E-state index is 12.1. The highest BCUT2D eigenvalue weighted by Crippen LogP contribution is 2.36. The van der Waals surface area contributed by atoms with E-state index in [2.05, 4.69) is 4.99 Å². The topological polar surface area (TPSA) is 65.0 Å². The summed E-state index contributed by atoms with van der Waals surface area (Å²) in [4.78, 5) is 28.6. The van der Waals surface area contributed by atoms with Crippen molar-refractivity contribution in [1.29, 1.82) is 0 Å². The molecule has 0 radical (unpaired) electrons. The minimum absolute atomic E-state index is 0.193. The fourth-order valence-electron chi connectivity index (χ4n) is 2.96. The maximum Gasteiger partial charge on any atom is 0.356 e. The number of carbonyl (C=O) groups excluding carboxylic acids is 2. The molecule has 0 bridgehead atoms. The molecule has 122 valence electrons. The average Bonchev–Trinajstić information content (AvgIpc) is 2.76. The first-order valence-electron chi connectivity index (χ1n) is 8.01. The van der Waals surface area contributed by atoms with Crippen molar-refractivity contribution in [2.45, 2.75) is 71.4 Å². The first-order chi connectivity index (χ1) is 10.3. The fourth-order valence-corrected chi connectivity index (χ4v) is 2.96. The summed E-state index contributed by atoms with van der Waals surface area (Å²) in [6, 6.07) is -0.260. The third kappa shape index (κ3) is 3.96. The van der Waals surface area contributed by atoms with E-state index >= 15 is 0 Å². The zero-order valence-corrected chi connectivity index (χ0v) is 13.9. The Morgan fingerprint density at radius 2 is 1.91 bits per heavy atom. The van der Waals surface area contributed by atoms with Gasteiger partial charge in [0.15, 0.2) is 0 Å². The molecule has 0 saturated heterocycles. The van der Waals surface area contributed by atoms with Crippen LogP contribution in [0.2, 0.25) is 0 Å². The van der Waals surface area contributed by atoms with E-state index in [-0.39, 0.29) is 24.4 Å². The zero-order chi connectivity index (χ0) is 16.3. The van der Waals surface area contributed by atoms with E-state index < -0.39 is 5.60 Å². The number of carbonyl (C=O) groups is 2. The number of ether oxygens (including phenoxy) is 2. The molecule has 0 saturated carbocycles. The summed E-state index contributed by atoms with van der Waals surface area (Å²) < 4.78 is 10.5. The predicted molar refractivity (Wildman–Crippen MR) is 83.8 cm³/mol. The van der Waals surface area contributed by atoms with Gasteiger partial charge in [-0.1, -0.05) is 0 Å². The SMILES string of the molecule is CCOC(=O)C1=NC(CC(=O)OC(C)(C)C)C2=C1CCCC2. The van der Waals surface area contributed by atoms with Gasteiger partial charge in [-0.25, -0.2) is 4.79 Å². The van der Waals surface area contributed by atoms with Crippen molar-refractivity contribution in [3.63, 3.8) is 0 Å².